The van der Waals surface area contributed by atoms with Crippen molar-refractivity contribution in [3.05, 3.63) is 0 Å². The van der Waals surface area contributed by atoms with Crippen LogP contribution in [0.4, 0.5) is 4.79 Å². The normalized spacial score (nSPS) is 22.7. The quantitative estimate of drug-likeness (QED) is 0.665. The number of amides is 3. The molecule has 28 heavy (non-hydrogen) atoms. The first kappa shape index (κ1) is 22.5. The average molecular weight is 396 g/mol. The van der Waals surface area contributed by atoms with Gasteiger partial charge in [0.25, 0.3) is 0 Å². The molecule has 1 heterocycles. The van der Waals surface area contributed by atoms with Gasteiger partial charge in [-0.15, -0.1) is 0 Å². The predicted molar refractivity (Wildman–Crippen MR) is 108 cm³/mol. The monoisotopic (exact) mass is 395 g/mol. The molecule has 2 fully saturated rings. The third-order valence-corrected chi connectivity index (χ3v) is 5.84. The maximum Gasteiger partial charge on any atom is 0.409 e. The van der Waals surface area contributed by atoms with E-state index in [0.717, 1.165) is 51.6 Å². The highest BCUT2D eigenvalue weighted by Crippen LogP contribution is 2.31. The fraction of sp³-hybridized carbons (Fsp3) is 0.857. The second-order valence-electron chi connectivity index (χ2n) is 7.89. The van der Waals surface area contributed by atoms with Crippen LogP contribution in [-0.4, -0.2) is 78.5 Å². The van der Waals surface area contributed by atoms with Crippen LogP contribution < -0.4 is 0 Å². The molecule has 7 nitrogen and oxygen atoms in total. The zero-order valence-electron chi connectivity index (χ0n) is 17.8. The maximum atomic E-state index is 12.9. The Kier molecular flexibility index (Phi) is 9.06. The molecule has 1 saturated carbocycles. The van der Waals surface area contributed by atoms with Gasteiger partial charge in [0.15, 0.2) is 0 Å². The Hall–Kier alpha value is -1.79. The van der Waals surface area contributed by atoms with Gasteiger partial charge in [0.2, 0.25) is 11.8 Å². The third kappa shape index (κ3) is 5.85. The molecule has 7 heteroatoms. The molecule has 3 amide bonds. The van der Waals surface area contributed by atoms with E-state index in [9.17, 15) is 14.4 Å². The van der Waals surface area contributed by atoms with Gasteiger partial charge >= 0.3 is 6.09 Å². The summed E-state index contributed by atoms with van der Waals surface area (Å²) in [5.41, 5.74) is 0. The first-order valence-electron chi connectivity index (χ1n) is 11.0. The Labute approximate surface area is 169 Å². The van der Waals surface area contributed by atoms with Gasteiger partial charge in [-0.25, -0.2) is 4.79 Å². The third-order valence-electron chi connectivity index (χ3n) is 5.84. The number of carbonyl (C=O) groups is 3. The van der Waals surface area contributed by atoms with Gasteiger partial charge in [-0.05, 0) is 45.4 Å². The maximum absolute atomic E-state index is 12.9. The number of rotatable bonds is 7. The van der Waals surface area contributed by atoms with Gasteiger partial charge in [0.05, 0.1) is 6.61 Å². The van der Waals surface area contributed by atoms with Crippen molar-refractivity contribution in [3.63, 3.8) is 0 Å². The Bertz CT molecular complexity index is 518. The standard InChI is InChI=1S/C21H37N3O4/c1-4-11-22(12-5-2)19(25)17-7-9-18(10-8-17)20(26)23-13-15-24(16-14-23)21(27)28-6-3/h17-18H,4-16H2,1-3H3. The predicted octanol–water partition coefficient (Wildman–Crippen LogP) is 2.74. The lowest BCUT2D eigenvalue weighted by molar-refractivity contribution is -0.142. The molecule has 0 bridgehead atoms. The molecule has 0 N–H and O–H groups in total. The van der Waals surface area contributed by atoms with Crippen LogP contribution in [0.3, 0.4) is 0 Å². The lowest BCUT2D eigenvalue weighted by atomic mass is 9.80. The molecule has 0 aromatic carbocycles. The van der Waals surface area contributed by atoms with Crippen LogP contribution in [0.25, 0.3) is 0 Å². The van der Waals surface area contributed by atoms with Crippen LogP contribution >= 0.6 is 0 Å². The highest BCUT2D eigenvalue weighted by atomic mass is 16.6. The Balaban J connectivity index is 1.79. The van der Waals surface area contributed by atoms with Crippen molar-refractivity contribution in [2.75, 3.05) is 45.9 Å². The zero-order valence-corrected chi connectivity index (χ0v) is 17.8. The fourth-order valence-electron chi connectivity index (χ4n) is 4.30. The summed E-state index contributed by atoms with van der Waals surface area (Å²) in [4.78, 5) is 43.0. The van der Waals surface area contributed by atoms with Crippen molar-refractivity contribution in [1.82, 2.24) is 14.7 Å². The number of hydrogen-bond acceptors (Lipinski definition) is 4. The molecule has 1 aliphatic heterocycles. The Morgan fingerprint density at radius 3 is 1.82 bits per heavy atom. The van der Waals surface area contributed by atoms with Crippen LogP contribution in [0.1, 0.15) is 59.3 Å². The van der Waals surface area contributed by atoms with Crippen molar-refractivity contribution in [3.8, 4) is 0 Å². The summed E-state index contributed by atoms with van der Waals surface area (Å²) in [6.45, 7) is 10.2. The molecular weight excluding hydrogens is 358 g/mol. The minimum atomic E-state index is -0.294. The van der Waals surface area contributed by atoms with Crippen molar-refractivity contribution >= 4 is 17.9 Å². The van der Waals surface area contributed by atoms with Gasteiger partial charge in [-0.2, -0.15) is 0 Å². The van der Waals surface area contributed by atoms with E-state index in [1.165, 1.54) is 0 Å². The molecule has 2 aliphatic rings. The zero-order chi connectivity index (χ0) is 20.5. The van der Waals surface area contributed by atoms with E-state index in [1.54, 1.807) is 11.8 Å². The number of carbonyl (C=O) groups excluding carboxylic acids is 3. The van der Waals surface area contributed by atoms with Crippen molar-refractivity contribution in [2.45, 2.75) is 59.3 Å². The number of hydrogen-bond donors (Lipinski definition) is 0. The lowest BCUT2D eigenvalue weighted by Gasteiger charge is -2.37. The van der Waals surface area contributed by atoms with Crippen molar-refractivity contribution in [1.29, 1.82) is 0 Å². The largest absolute Gasteiger partial charge is 0.450 e. The highest BCUT2D eigenvalue weighted by Gasteiger charge is 2.35. The SMILES string of the molecule is CCCN(CCC)C(=O)C1CCC(C(=O)N2CCN(C(=O)OCC)CC2)CC1. The molecule has 1 saturated heterocycles. The van der Waals surface area contributed by atoms with Crippen molar-refractivity contribution < 1.29 is 19.1 Å². The summed E-state index contributed by atoms with van der Waals surface area (Å²) in [7, 11) is 0. The molecule has 0 radical (unpaired) electrons. The number of piperazine rings is 1. The van der Waals surface area contributed by atoms with E-state index in [0.29, 0.717) is 32.8 Å². The van der Waals surface area contributed by atoms with Crippen LogP contribution in [0, 0.1) is 11.8 Å². The van der Waals surface area contributed by atoms with Gasteiger partial charge in [0, 0.05) is 51.1 Å². The van der Waals surface area contributed by atoms with Gasteiger partial charge < -0.3 is 19.4 Å². The summed E-state index contributed by atoms with van der Waals surface area (Å²) in [5.74, 6) is 0.554. The van der Waals surface area contributed by atoms with Crippen LogP contribution in [0.5, 0.6) is 0 Å². The first-order chi connectivity index (χ1) is 13.5. The van der Waals surface area contributed by atoms with E-state index >= 15 is 0 Å². The van der Waals surface area contributed by atoms with E-state index < -0.39 is 0 Å². The summed E-state index contributed by atoms with van der Waals surface area (Å²) in [6.07, 6.45) is 4.87. The Morgan fingerprint density at radius 1 is 0.821 bits per heavy atom. The summed E-state index contributed by atoms with van der Waals surface area (Å²) in [5, 5.41) is 0. The van der Waals surface area contributed by atoms with Gasteiger partial charge in [-0.3, -0.25) is 9.59 Å². The van der Waals surface area contributed by atoms with E-state index in [4.69, 9.17) is 4.74 Å². The summed E-state index contributed by atoms with van der Waals surface area (Å²) in [6, 6.07) is 0. The topological polar surface area (TPSA) is 70.2 Å². The smallest absolute Gasteiger partial charge is 0.409 e. The molecule has 160 valence electrons. The fourth-order valence-corrected chi connectivity index (χ4v) is 4.30. The number of ether oxygens (including phenoxy) is 1. The second kappa shape index (κ2) is 11.3. The summed E-state index contributed by atoms with van der Waals surface area (Å²) >= 11 is 0. The molecule has 0 aromatic rings. The van der Waals surface area contributed by atoms with E-state index in [1.807, 2.05) is 9.80 Å². The van der Waals surface area contributed by atoms with Crippen LogP contribution in [0.2, 0.25) is 0 Å². The second-order valence-corrected chi connectivity index (χ2v) is 7.89. The molecule has 2 rings (SSSR count). The summed E-state index contributed by atoms with van der Waals surface area (Å²) < 4.78 is 5.03. The van der Waals surface area contributed by atoms with Crippen molar-refractivity contribution in [2.24, 2.45) is 11.8 Å². The Morgan fingerprint density at radius 2 is 1.32 bits per heavy atom. The highest BCUT2D eigenvalue weighted by molar-refractivity contribution is 5.81. The lowest BCUT2D eigenvalue weighted by Crippen LogP contribution is -2.52. The average Bonchev–Trinajstić information content (AvgIpc) is 2.73. The molecular formula is C21H37N3O4. The van der Waals surface area contributed by atoms with E-state index in [2.05, 4.69) is 13.8 Å². The molecule has 0 atom stereocenters. The van der Waals surface area contributed by atoms with Crippen LogP contribution in [0.15, 0.2) is 0 Å². The number of nitrogens with zero attached hydrogens (tertiary/aromatic N) is 3. The first-order valence-corrected chi connectivity index (χ1v) is 11.0. The van der Waals surface area contributed by atoms with Gasteiger partial charge in [-0.1, -0.05) is 13.8 Å². The molecule has 1 aliphatic carbocycles. The minimum Gasteiger partial charge on any atom is -0.450 e. The van der Waals surface area contributed by atoms with Crippen LogP contribution in [-0.2, 0) is 14.3 Å². The molecule has 0 aromatic heterocycles. The molecule has 0 spiro atoms. The molecule has 0 unspecified atom stereocenters. The van der Waals surface area contributed by atoms with Gasteiger partial charge in [0.1, 0.15) is 0 Å². The minimum absolute atomic E-state index is 0.0176. The van der Waals surface area contributed by atoms with E-state index in [-0.39, 0.29) is 29.7 Å².